The maximum Gasteiger partial charge on any atom is 0.303 e. The molecule has 0 amide bonds. The van der Waals surface area contributed by atoms with Gasteiger partial charge in [0.2, 0.25) is 12.1 Å². The summed E-state index contributed by atoms with van der Waals surface area (Å²) >= 11 is 18.8. The topological polar surface area (TPSA) is 159 Å². The van der Waals surface area contributed by atoms with Gasteiger partial charge in [-0.15, -0.1) is 34.8 Å². The van der Waals surface area contributed by atoms with Crippen LogP contribution in [0.3, 0.4) is 0 Å². The van der Waals surface area contributed by atoms with Crippen LogP contribution in [-0.2, 0) is 61.9 Å². The van der Waals surface area contributed by atoms with Crippen molar-refractivity contribution >= 4 is 64.6 Å². The molecule has 0 aromatic rings. The van der Waals surface area contributed by atoms with Gasteiger partial charge in [0.15, 0.2) is 24.4 Å². The summed E-state index contributed by atoms with van der Waals surface area (Å²) in [7, 11) is 0. The molecular weight excluding hydrogens is 579 g/mol. The van der Waals surface area contributed by atoms with Crippen LogP contribution >= 0.6 is 34.8 Å². The van der Waals surface area contributed by atoms with Crippen molar-refractivity contribution in [3.8, 4) is 0 Å². The van der Waals surface area contributed by atoms with Crippen molar-refractivity contribution in [2.75, 3.05) is 18.4 Å². The molecule has 16 heteroatoms. The highest BCUT2D eigenvalue weighted by atomic mass is 35.5. The highest BCUT2D eigenvalue weighted by molar-refractivity contribution is 6.21. The first kappa shape index (κ1) is 32.3. The third-order valence-electron chi connectivity index (χ3n) is 5.32. The Kier molecular flexibility index (Phi) is 11.9. The number of carbonyl (C=O) groups excluding carboxylic acids is 5. The molecule has 0 aromatic heterocycles. The monoisotopic (exact) mass is 606 g/mol. The van der Waals surface area contributed by atoms with Crippen LogP contribution in [0.25, 0.3) is 0 Å². The van der Waals surface area contributed by atoms with E-state index >= 15 is 0 Å². The Bertz CT molecular complexity index is 902. The largest absolute Gasteiger partial charge is 0.463 e. The van der Waals surface area contributed by atoms with Crippen molar-refractivity contribution < 1.29 is 61.9 Å². The molecule has 2 rings (SSSR count). The lowest BCUT2D eigenvalue weighted by Gasteiger charge is -2.45. The first-order chi connectivity index (χ1) is 17.7. The molecule has 0 spiro atoms. The molecule has 0 bridgehead atoms. The summed E-state index contributed by atoms with van der Waals surface area (Å²) in [6, 6.07) is 0. The Morgan fingerprint density at radius 1 is 0.737 bits per heavy atom. The smallest absolute Gasteiger partial charge is 0.303 e. The number of esters is 5. The Balaban J connectivity index is 2.55. The molecule has 0 unspecified atom stereocenters. The van der Waals surface area contributed by atoms with Gasteiger partial charge in [-0.25, -0.2) is 0 Å². The highest BCUT2D eigenvalue weighted by Crippen LogP contribution is 2.42. The first-order valence-corrected chi connectivity index (χ1v) is 12.8. The number of carbonyl (C=O) groups is 5. The van der Waals surface area contributed by atoms with E-state index < -0.39 is 96.4 Å². The van der Waals surface area contributed by atoms with E-state index in [1.807, 2.05) is 0 Å². The molecule has 2 saturated heterocycles. The van der Waals surface area contributed by atoms with Crippen LogP contribution in [0.15, 0.2) is 0 Å². The fourth-order valence-electron chi connectivity index (χ4n) is 3.99. The van der Waals surface area contributed by atoms with Crippen LogP contribution in [0, 0.1) is 0 Å². The lowest BCUT2D eigenvalue weighted by Crippen LogP contribution is -2.63. The molecule has 13 nitrogen and oxygen atoms in total. The summed E-state index contributed by atoms with van der Waals surface area (Å²) < 4.78 is 44.3. The van der Waals surface area contributed by atoms with Gasteiger partial charge in [-0.05, 0) is 0 Å². The maximum absolute atomic E-state index is 12.0. The quantitative estimate of drug-likeness (QED) is 0.198. The van der Waals surface area contributed by atoms with Crippen LogP contribution in [0.1, 0.15) is 34.6 Å². The molecule has 2 aliphatic rings. The van der Waals surface area contributed by atoms with Gasteiger partial charge < -0.3 is 37.9 Å². The van der Waals surface area contributed by atoms with Crippen LogP contribution in [0.5, 0.6) is 0 Å². The fourth-order valence-corrected chi connectivity index (χ4v) is 4.83. The van der Waals surface area contributed by atoms with Crippen molar-refractivity contribution in [3.05, 3.63) is 0 Å². The molecule has 38 heavy (non-hydrogen) atoms. The number of ether oxygens (including phenoxy) is 8. The fraction of sp³-hybridized carbons (Fsp3) is 0.773. The SMILES string of the molecule is CC(=O)OC[C@@H]1O[C@H](O[C@@]2(CCl)O[C@@H](CCl)[C@@H](OC(C)=O)[C@H]2OC(C)=O)[C@@H](OC(C)=O)[C@H](OC(C)=O)[C@@H]1Cl. The van der Waals surface area contributed by atoms with Crippen molar-refractivity contribution in [2.45, 2.75) is 88.7 Å². The van der Waals surface area contributed by atoms with E-state index in [9.17, 15) is 24.0 Å². The average Bonchev–Trinajstić information content (AvgIpc) is 3.08. The van der Waals surface area contributed by atoms with E-state index in [-0.39, 0.29) is 5.88 Å². The number of rotatable bonds is 10. The maximum atomic E-state index is 12.0. The van der Waals surface area contributed by atoms with E-state index in [4.69, 9.17) is 72.7 Å². The van der Waals surface area contributed by atoms with Gasteiger partial charge in [0, 0.05) is 34.6 Å². The molecule has 2 fully saturated rings. The number of hydrogen-bond acceptors (Lipinski definition) is 13. The normalized spacial score (nSPS) is 34.6. The number of halogens is 3. The summed E-state index contributed by atoms with van der Waals surface area (Å²) in [6.45, 7) is 5.18. The minimum absolute atomic E-state index is 0.231. The zero-order chi connectivity index (χ0) is 28.8. The summed E-state index contributed by atoms with van der Waals surface area (Å²) in [4.78, 5) is 59.0. The number of hydrogen-bond donors (Lipinski definition) is 0. The summed E-state index contributed by atoms with van der Waals surface area (Å²) in [5, 5.41) is -1.17. The molecule has 216 valence electrons. The van der Waals surface area contributed by atoms with Gasteiger partial charge in [0.25, 0.3) is 0 Å². The van der Waals surface area contributed by atoms with Crippen molar-refractivity contribution in [3.63, 3.8) is 0 Å². The van der Waals surface area contributed by atoms with E-state index in [2.05, 4.69) is 0 Å². The van der Waals surface area contributed by atoms with Crippen molar-refractivity contribution in [1.29, 1.82) is 0 Å². The lowest BCUT2D eigenvalue weighted by molar-refractivity contribution is -0.359. The zero-order valence-corrected chi connectivity index (χ0v) is 23.4. The summed E-state index contributed by atoms with van der Waals surface area (Å²) in [5.41, 5.74) is 0. The molecule has 0 aliphatic carbocycles. The van der Waals surface area contributed by atoms with Crippen LogP contribution in [0.2, 0.25) is 0 Å². The van der Waals surface area contributed by atoms with Crippen molar-refractivity contribution in [1.82, 2.24) is 0 Å². The van der Waals surface area contributed by atoms with E-state index in [0.29, 0.717) is 0 Å². The summed E-state index contributed by atoms with van der Waals surface area (Å²) in [5.74, 6) is -6.59. The van der Waals surface area contributed by atoms with Crippen molar-refractivity contribution in [2.24, 2.45) is 0 Å². The van der Waals surface area contributed by atoms with Crippen LogP contribution in [-0.4, -0.2) is 102 Å². The van der Waals surface area contributed by atoms with Gasteiger partial charge in [0.1, 0.15) is 24.2 Å². The lowest BCUT2D eigenvalue weighted by atomic mass is 10.0. The van der Waals surface area contributed by atoms with Crippen LogP contribution < -0.4 is 0 Å². The minimum atomic E-state index is -2.07. The number of alkyl halides is 3. The second-order valence-electron chi connectivity index (χ2n) is 8.42. The van der Waals surface area contributed by atoms with Crippen LogP contribution in [0.4, 0.5) is 0 Å². The predicted molar refractivity (Wildman–Crippen MR) is 127 cm³/mol. The molecule has 0 saturated carbocycles. The van der Waals surface area contributed by atoms with Gasteiger partial charge in [-0.3, -0.25) is 24.0 Å². The predicted octanol–water partition coefficient (Wildman–Crippen LogP) is 1.20. The second kappa shape index (κ2) is 13.9. The van der Waals surface area contributed by atoms with Gasteiger partial charge in [-0.2, -0.15) is 0 Å². The van der Waals surface area contributed by atoms with Gasteiger partial charge >= 0.3 is 29.8 Å². The summed E-state index contributed by atoms with van der Waals surface area (Å²) in [6.07, 6.45) is -9.38. The molecule has 9 atom stereocenters. The van der Waals surface area contributed by atoms with Gasteiger partial charge in [-0.1, -0.05) is 0 Å². The molecular formula is C22H29Cl3O13. The second-order valence-corrected chi connectivity index (χ2v) is 9.50. The third kappa shape index (κ3) is 8.06. The van der Waals surface area contributed by atoms with E-state index in [0.717, 1.165) is 34.6 Å². The Labute approximate surface area is 233 Å². The minimum Gasteiger partial charge on any atom is -0.463 e. The molecule has 2 heterocycles. The highest BCUT2D eigenvalue weighted by Gasteiger charge is 2.63. The van der Waals surface area contributed by atoms with Gasteiger partial charge in [0.05, 0.1) is 11.8 Å². The molecule has 0 radical (unpaired) electrons. The third-order valence-corrected chi connectivity index (χ3v) is 6.53. The Morgan fingerprint density at radius 3 is 1.74 bits per heavy atom. The standard InChI is InChI=1S/C22H29Cl3O13/c1-9(26)31-7-15-16(25)18(33-11(3)28)19(34-12(4)29)21(36-15)38-22(8-24)20(35-13(5)30)17(32-10(2)27)14(6-23)37-22/h14-21H,6-8H2,1-5H3/t14-,15-,16+,17+,18+,19-,20+,21+,22+/m0/s1. The van der Waals surface area contributed by atoms with E-state index in [1.165, 1.54) is 0 Å². The Hall–Kier alpha value is -1.90. The Morgan fingerprint density at radius 2 is 1.26 bits per heavy atom. The average molecular weight is 608 g/mol. The molecule has 0 aromatic carbocycles. The van der Waals surface area contributed by atoms with E-state index in [1.54, 1.807) is 0 Å². The zero-order valence-electron chi connectivity index (χ0n) is 21.2. The first-order valence-electron chi connectivity index (χ1n) is 11.3. The molecule has 2 aliphatic heterocycles. The molecule has 0 N–H and O–H groups in total.